The molecule has 4 atom stereocenters. The highest BCUT2D eigenvalue weighted by Crippen LogP contribution is 2.45. The zero-order valence-electron chi connectivity index (χ0n) is 17.1. The van der Waals surface area contributed by atoms with Crippen molar-refractivity contribution in [3.8, 4) is 0 Å². The summed E-state index contributed by atoms with van der Waals surface area (Å²) in [5, 5.41) is 1.29. The molecule has 1 heterocycles. The fraction of sp³-hybridized carbons (Fsp3) is 0.667. The van der Waals surface area contributed by atoms with Gasteiger partial charge in [-0.3, -0.25) is 9.59 Å². The molecule has 10 heteroatoms. The summed E-state index contributed by atoms with van der Waals surface area (Å²) < 4.78 is 11.0. The minimum Gasteiger partial charge on any atom is -0.453 e. The van der Waals surface area contributed by atoms with E-state index in [1.165, 1.54) is 6.08 Å². The number of halogens is 1. The van der Waals surface area contributed by atoms with Crippen molar-refractivity contribution in [3.63, 3.8) is 0 Å². The first-order valence-electron chi connectivity index (χ1n) is 8.98. The van der Waals surface area contributed by atoms with Crippen LogP contribution in [-0.2, 0) is 23.5 Å². The number of rotatable bonds is 9. The Morgan fingerprint density at radius 3 is 2.36 bits per heavy atom. The minimum absolute atomic E-state index is 0.157. The summed E-state index contributed by atoms with van der Waals surface area (Å²) in [6.45, 7) is 14.9. The van der Waals surface area contributed by atoms with E-state index >= 15 is 0 Å². The molecular formula is C18H28ClN3O5Si. The Labute approximate surface area is 171 Å². The quantitative estimate of drug-likeness (QED) is 0.0685. The van der Waals surface area contributed by atoms with Gasteiger partial charge in [0.1, 0.15) is 12.0 Å². The van der Waals surface area contributed by atoms with Crippen LogP contribution in [0.3, 0.4) is 0 Å². The number of hydrogen-bond donors (Lipinski definition) is 1. The highest BCUT2D eigenvalue weighted by Gasteiger charge is 2.60. The van der Waals surface area contributed by atoms with Crippen molar-refractivity contribution >= 4 is 44.0 Å². The van der Waals surface area contributed by atoms with Crippen LogP contribution in [0.2, 0.25) is 13.1 Å². The number of amides is 1. The number of esters is 1. The standard InChI is InChI=1S/C18H28ClN3O5Si/c1-8-9-26-16(25)13(22-20)14(23)11(19)12-10(15(24)21-12)18(5,17(2,3)4)27-28(6)7/h8,10-12,28H,1,9H2,2-7H3,(H,21,24)/t10-,11+,12+,18-/m1/s1. The third-order valence-electron chi connectivity index (χ3n) is 4.94. The third-order valence-corrected chi connectivity index (χ3v) is 6.37. The van der Waals surface area contributed by atoms with Crippen LogP contribution in [0, 0.1) is 11.3 Å². The molecule has 1 aliphatic heterocycles. The van der Waals surface area contributed by atoms with Gasteiger partial charge in [-0.1, -0.05) is 33.4 Å². The Morgan fingerprint density at radius 2 is 1.96 bits per heavy atom. The molecule has 0 aromatic carbocycles. The second-order valence-electron chi connectivity index (χ2n) is 8.14. The number of carbonyl (C=O) groups is 3. The SMILES string of the molecule is C=CCOC(=O)C(=[N+]=[N-])C(=O)[C@@H](Cl)[C@H]1NC(=O)[C@@H]1[C@@](C)(O[SiH](C)C)C(C)(C)C. The summed E-state index contributed by atoms with van der Waals surface area (Å²) in [4.78, 5) is 39.7. The van der Waals surface area contributed by atoms with Gasteiger partial charge in [-0.2, -0.15) is 4.79 Å². The Balaban J connectivity index is 3.16. The number of Topliss-reactive ketones (excluding diaryl/α,β-unsaturated/α-hetero) is 1. The van der Waals surface area contributed by atoms with E-state index < -0.39 is 54.9 Å². The first kappa shape index (κ1) is 24.2. The summed E-state index contributed by atoms with van der Waals surface area (Å²) >= 11 is 6.31. The lowest BCUT2D eigenvalue weighted by Gasteiger charge is -2.55. The molecule has 0 bridgehead atoms. The molecule has 0 radical (unpaired) electrons. The average Bonchev–Trinajstić information content (AvgIpc) is 2.55. The van der Waals surface area contributed by atoms with Crippen molar-refractivity contribution in [3.05, 3.63) is 18.2 Å². The van der Waals surface area contributed by atoms with Gasteiger partial charge in [0.25, 0.3) is 5.78 Å². The Morgan fingerprint density at radius 1 is 1.39 bits per heavy atom. The highest BCUT2D eigenvalue weighted by molar-refractivity contribution is 6.67. The molecule has 1 aliphatic rings. The normalized spacial score (nSPS) is 22.2. The predicted molar refractivity (Wildman–Crippen MR) is 108 cm³/mol. The summed E-state index contributed by atoms with van der Waals surface area (Å²) in [6.07, 6.45) is 1.31. The van der Waals surface area contributed by atoms with Gasteiger partial charge in [-0.25, -0.2) is 4.79 Å². The maximum Gasteiger partial charge on any atom is 0.443 e. The molecule has 1 rings (SSSR count). The number of ether oxygens (including phenoxy) is 1. The van der Waals surface area contributed by atoms with Crippen molar-refractivity contribution in [1.82, 2.24) is 5.32 Å². The number of hydrogen-bond acceptors (Lipinski definition) is 5. The zero-order chi connectivity index (χ0) is 21.9. The van der Waals surface area contributed by atoms with Crippen LogP contribution in [-0.4, -0.2) is 60.8 Å². The van der Waals surface area contributed by atoms with Gasteiger partial charge in [0.2, 0.25) is 5.91 Å². The van der Waals surface area contributed by atoms with E-state index in [0.29, 0.717) is 0 Å². The zero-order valence-corrected chi connectivity index (χ0v) is 19.0. The van der Waals surface area contributed by atoms with Gasteiger partial charge in [-0.05, 0) is 25.4 Å². The predicted octanol–water partition coefficient (Wildman–Crippen LogP) is 1.48. The van der Waals surface area contributed by atoms with E-state index in [9.17, 15) is 14.4 Å². The second-order valence-corrected chi connectivity index (χ2v) is 10.9. The van der Waals surface area contributed by atoms with Crippen LogP contribution in [0.5, 0.6) is 0 Å². The maximum atomic E-state index is 12.6. The Hall–Kier alpha value is -1.80. The first-order chi connectivity index (χ1) is 12.8. The number of alkyl halides is 1. The fourth-order valence-corrected chi connectivity index (χ4v) is 4.92. The topological polar surface area (TPSA) is 118 Å². The molecule has 0 aromatic rings. The van der Waals surface area contributed by atoms with Gasteiger partial charge in [0.15, 0.2) is 9.04 Å². The summed E-state index contributed by atoms with van der Waals surface area (Å²) in [6, 6.07) is -0.789. The van der Waals surface area contributed by atoms with E-state index in [4.69, 9.17) is 26.3 Å². The average molecular weight is 430 g/mol. The van der Waals surface area contributed by atoms with Crippen LogP contribution >= 0.6 is 11.6 Å². The Kier molecular flexibility index (Phi) is 7.90. The second kappa shape index (κ2) is 9.13. The van der Waals surface area contributed by atoms with E-state index in [-0.39, 0.29) is 12.5 Å². The monoisotopic (exact) mass is 429 g/mol. The van der Waals surface area contributed by atoms with Gasteiger partial charge in [0.05, 0.1) is 17.6 Å². The molecule has 0 unspecified atom stereocenters. The molecule has 28 heavy (non-hydrogen) atoms. The maximum absolute atomic E-state index is 12.6. The van der Waals surface area contributed by atoms with E-state index in [2.05, 4.69) is 16.7 Å². The molecule has 0 aromatic heterocycles. The van der Waals surface area contributed by atoms with Crippen LogP contribution < -0.4 is 5.32 Å². The number of carbonyl (C=O) groups excluding carboxylic acids is 3. The smallest absolute Gasteiger partial charge is 0.443 e. The van der Waals surface area contributed by atoms with Gasteiger partial charge >= 0.3 is 11.7 Å². The van der Waals surface area contributed by atoms with Gasteiger partial charge in [0, 0.05) is 0 Å². The fourth-order valence-electron chi connectivity index (χ4n) is 3.13. The van der Waals surface area contributed by atoms with Crippen LogP contribution in [0.25, 0.3) is 5.53 Å². The van der Waals surface area contributed by atoms with Crippen molar-refractivity contribution in [2.24, 2.45) is 11.3 Å². The Bertz CT molecular complexity index is 714. The highest BCUT2D eigenvalue weighted by atomic mass is 35.5. The lowest BCUT2D eigenvalue weighted by molar-refractivity contribution is -0.159. The molecule has 1 fully saturated rings. The summed E-state index contributed by atoms with van der Waals surface area (Å²) in [7, 11) is -1.55. The molecule has 1 amide bonds. The molecule has 0 aliphatic carbocycles. The van der Waals surface area contributed by atoms with Gasteiger partial charge < -0.3 is 20.0 Å². The van der Waals surface area contributed by atoms with Crippen LogP contribution in [0.4, 0.5) is 0 Å². The first-order valence-corrected chi connectivity index (χ1v) is 12.2. The van der Waals surface area contributed by atoms with Crippen molar-refractivity contribution in [2.75, 3.05) is 6.61 Å². The van der Waals surface area contributed by atoms with E-state index in [1.54, 1.807) is 0 Å². The number of β-lactam (4-membered cyclic amide) rings is 1. The molecule has 0 saturated carbocycles. The molecule has 1 saturated heterocycles. The lowest BCUT2D eigenvalue weighted by Crippen LogP contribution is -2.73. The van der Waals surface area contributed by atoms with Crippen molar-refractivity contribution < 1.29 is 28.3 Å². The number of nitrogens with zero attached hydrogens (tertiary/aromatic N) is 2. The summed E-state index contributed by atoms with van der Waals surface area (Å²) in [5.41, 5.74) is 6.94. The van der Waals surface area contributed by atoms with Crippen molar-refractivity contribution in [1.29, 1.82) is 0 Å². The molecule has 8 nitrogen and oxygen atoms in total. The minimum atomic E-state index is -1.55. The van der Waals surface area contributed by atoms with E-state index in [1.807, 2.05) is 40.8 Å². The van der Waals surface area contributed by atoms with Crippen LogP contribution in [0.1, 0.15) is 27.7 Å². The number of ketones is 1. The molecule has 156 valence electrons. The van der Waals surface area contributed by atoms with Crippen LogP contribution in [0.15, 0.2) is 12.7 Å². The van der Waals surface area contributed by atoms with E-state index in [0.717, 1.165) is 0 Å². The number of nitrogens with one attached hydrogen (secondary N) is 1. The molecule has 0 spiro atoms. The van der Waals surface area contributed by atoms with Gasteiger partial charge in [-0.15, -0.1) is 11.6 Å². The largest absolute Gasteiger partial charge is 0.453 e. The lowest BCUT2D eigenvalue weighted by atomic mass is 9.63. The molecular weight excluding hydrogens is 402 g/mol. The third kappa shape index (κ3) is 4.78. The molecule has 1 N–H and O–H groups in total. The summed E-state index contributed by atoms with van der Waals surface area (Å²) in [5.74, 6) is -3.05. The van der Waals surface area contributed by atoms with Crippen molar-refractivity contribution in [2.45, 2.75) is 57.8 Å².